The van der Waals surface area contributed by atoms with E-state index >= 15 is 0 Å². The molecule has 2 rings (SSSR count). The lowest BCUT2D eigenvalue weighted by molar-refractivity contribution is 0.340. The predicted molar refractivity (Wildman–Crippen MR) is 43.8 cm³/mol. The molecule has 0 saturated carbocycles. The van der Waals surface area contributed by atoms with E-state index in [9.17, 15) is 0 Å². The van der Waals surface area contributed by atoms with Crippen molar-refractivity contribution in [2.45, 2.75) is 6.92 Å². The van der Waals surface area contributed by atoms with Gasteiger partial charge in [0, 0.05) is 6.07 Å². The molecule has 0 unspecified atom stereocenters. The molecule has 1 heterocycles. The Hall–Kier alpha value is -1.38. The van der Waals surface area contributed by atoms with Gasteiger partial charge in [-0.2, -0.15) is 0 Å². The summed E-state index contributed by atoms with van der Waals surface area (Å²) < 4.78 is 5.31. The van der Waals surface area contributed by atoms with Gasteiger partial charge in [-0.05, 0) is 19.1 Å². The normalized spacial score (nSPS) is 10.6. The summed E-state index contributed by atoms with van der Waals surface area (Å²) >= 11 is 0. The standard InChI is InChI=1S/C8H10N2O/c1-2-11-6-3-4-7-8(5-6)10-9-7/h3-5,9-10H,2H2,1H3. The van der Waals surface area contributed by atoms with Gasteiger partial charge in [0.05, 0.1) is 17.6 Å². The van der Waals surface area contributed by atoms with Crippen molar-refractivity contribution in [3.8, 4) is 5.75 Å². The van der Waals surface area contributed by atoms with Crippen LogP contribution in [0.2, 0.25) is 0 Å². The summed E-state index contributed by atoms with van der Waals surface area (Å²) in [6.45, 7) is 2.69. The summed E-state index contributed by atoms with van der Waals surface area (Å²) in [7, 11) is 0. The smallest absolute Gasteiger partial charge is 0.121 e. The average molecular weight is 150 g/mol. The molecular formula is C8H10N2O. The number of aromatic nitrogens is 2. The number of hydrogen-bond acceptors (Lipinski definition) is 1. The first-order valence-electron chi connectivity index (χ1n) is 3.69. The number of fused-ring (bicyclic) bond motifs is 1. The average Bonchev–Trinajstić information content (AvgIpc) is 1.96. The van der Waals surface area contributed by atoms with Gasteiger partial charge in [-0.15, -0.1) is 0 Å². The van der Waals surface area contributed by atoms with E-state index in [0.717, 1.165) is 16.8 Å². The molecule has 0 fully saturated rings. The molecule has 0 aliphatic carbocycles. The Labute approximate surface area is 64.3 Å². The molecule has 1 aromatic carbocycles. The summed E-state index contributed by atoms with van der Waals surface area (Å²) in [5.74, 6) is 0.917. The van der Waals surface area contributed by atoms with Gasteiger partial charge in [0.1, 0.15) is 5.75 Å². The zero-order chi connectivity index (χ0) is 7.68. The van der Waals surface area contributed by atoms with E-state index in [1.807, 2.05) is 25.1 Å². The van der Waals surface area contributed by atoms with Crippen molar-refractivity contribution in [1.82, 2.24) is 10.2 Å². The van der Waals surface area contributed by atoms with Crippen LogP contribution in [0.25, 0.3) is 11.0 Å². The van der Waals surface area contributed by atoms with Crippen LogP contribution in [0.1, 0.15) is 6.92 Å². The molecule has 0 saturated heterocycles. The van der Waals surface area contributed by atoms with Crippen molar-refractivity contribution in [1.29, 1.82) is 0 Å². The van der Waals surface area contributed by atoms with Gasteiger partial charge in [-0.3, -0.25) is 10.2 Å². The number of benzene rings is 1. The van der Waals surface area contributed by atoms with E-state index in [-0.39, 0.29) is 0 Å². The van der Waals surface area contributed by atoms with Crippen molar-refractivity contribution in [3.63, 3.8) is 0 Å². The monoisotopic (exact) mass is 150 g/mol. The third-order valence-corrected chi connectivity index (χ3v) is 1.63. The fourth-order valence-corrected chi connectivity index (χ4v) is 1.06. The molecule has 0 radical (unpaired) electrons. The van der Waals surface area contributed by atoms with E-state index in [0.29, 0.717) is 6.61 Å². The van der Waals surface area contributed by atoms with E-state index < -0.39 is 0 Å². The van der Waals surface area contributed by atoms with E-state index in [2.05, 4.69) is 10.2 Å². The van der Waals surface area contributed by atoms with E-state index in [1.165, 1.54) is 0 Å². The van der Waals surface area contributed by atoms with Gasteiger partial charge in [-0.25, -0.2) is 0 Å². The van der Waals surface area contributed by atoms with Gasteiger partial charge < -0.3 is 4.74 Å². The maximum absolute atomic E-state index is 5.31. The van der Waals surface area contributed by atoms with Crippen LogP contribution in [-0.4, -0.2) is 16.8 Å². The Morgan fingerprint density at radius 1 is 1.27 bits per heavy atom. The molecule has 0 bridgehead atoms. The Bertz CT molecular complexity index is 347. The minimum Gasteiger partial charge on any atom is -0.494 e. The quantitative estimate of drug-likeness (QED) is 0.674. The second-order valence-electron chi connectivity index (χ2n) is 2.39. The molecule has 1 aromatic heterocycles. The summed E-state index contributed by atoms with van der Waals surface area (Å²) in [5.41, 5.74) is 2.24. The van der Waals surface area contributed by atoms with E-state index in [1.54, 1.807) is 0 Å². The second-order valence-corrected chi connectivity index (χ2v) is 2.39. The maximum Gasteiger partial charge on any atom is 0.121 e. The van der Waals surface area contributed by atoms with E-state index in [4.69, 9.17) is 4.74 Å². The highest BCUT2D eigenvalue weighted by molar-refractivity contribution is 5.77. The minimum atomic E-state index is 0.714. The van der Waals surface area contributed by atoms with Crippen LogP contribution in [0.5, 0.6) is 5.75 Å². The van der Waals surface area contributed by atoms with Crippen molar-refractivity contribution >= 4 is 11.0 Å². The van der Waals surface area contributed by atoms with Gasteiger partial charge in [-0.1, -0.05) is 0 Å². The molecule has 0 atom stereocenters. The Kier molecular flexibility index (Phi) is 1.35. The number of aromatic amines is 2. The first-order chi connectivity index (χ1) is 5.40. The predicted octanol–water partition coefficient (Wildman–Crippen LogP) is 1.89. The molecule has 3 heteroatoms. The fourth-order valence-electron chi connectivity index (χ4n) is 1.06. The topological polar surface area (TPSA) is 40.8 Å². The van der Waals surface area contributed by atoms with Gasteiger partial charge in [0.2, 0.25) is 0 Å². The Morgan fingerprint density at radius 3 is 2.64 bits per heavy atom. The fraction of sp³-hybridized carbons (Fsp3) is 0.250. The maximum atomic E-state index is 5.31. The van der Waals surface area contributed by atoms with Crippen LogP contribution in [-0.2, 0) is 0 Å². The van der Waals surface area contributed by atoms with Crippen LogP contribution < -0.4 is 4.74 Å². The summed E-state index contributed by atoms with van der Waals surface area (Å²) in [6, 6.07) is 5.93. The minimum absolute atomic E-state index is 0.714. The third kappa shape index (κ3) is 0.981. The molecule has 0 spiro atoms. The molecule has 0 aliphatic rings. The largest absolute Gasteiger partial charge is 0.494 e. The Morgan fingerprint density at radius 2 is 2.09 bits per heavy atom. The van der Waals surface area contributed by atoms with Crippen molar-refractivity contribution in [2.75, 3.05) is 6.61 Å². The SMILES string of the molecule is CCOc1ccc2[nH][nH]c2c1. The summed E-state index contributed by atoms with van der Waals surface area (Å²) in [5, 5.41) is 5.91. The van der Waals surface area contributed by atoms with Gasteiger partial charge in [0.15, 0.2) is 0 Å². The number of ether oxygens (including phenoxy) is 1. The van der Waals surface area contributed by atoms with Crippen LogP contribution >= 0.6 is 0 Å². The molecule has 0 aliphatic heterocycles. The van der Waals surface area contributed by atoms with Crippen molar-refractivity contribution in [3.05, 3.63) is 18.2 Å². The Balaban J connectivity index is 2.35. The zero-order valence-corrected chi connectivity index (χ0v) is 6.35. The lowest BCUT2D eigenvalue weighted by atomic mass is 10.3. The first kappa shape index (κ1) is 6.34. The van der Waals surface area contributed by atoms with Crippen LogP contribution in [0.3, 0.4) is 0 Å². The molecule has 2 N–H and O–H groups in total. The highest BCUT2D eigenvalue weighted by atomic mass is 16.5. The highest BCUT2D eigenvalue weighted by Gasteiger charge is 1.98. The van der Waals surface area contributed by atoms with Gasteiger partial charge >= 0.3 is 0 Å². The molecule has 58 valence electrons. The zero-order valence-electron chi connectivity index (χ0n) is 6.35. The van der Waals surface area contributed by atoms with Crippen molar-refractivity contribution in [2.24, 2.45) is 0 Å². The molecule has 0 amide bonds. The second kappa shape index (κ2) is 2.34. The number of nitrogens with one attached hydrogen (secondary N) is 2. The van der Waals surface area contributed by atoms with Gasteiger partial charge in [0.25, 0.3) is 0 Å². The summed E-state index contributed by atoms with van der Waals surface area (Å²) in [6.07, 6.45) is 0. The molecule has 2 aromatic rings. The molecule has 11 heavy (non-hydrogen) atoms. The first-order valence-corrected chi connectivity index (χ1v) is 3.69. The lowest BCUT2D eigenvalue weighted by Gasteiger charge is -2.06. The van der Waals surface area contributed by atoms with Crippen molar-refractivity contribution < 1.29 is 4.74 Å². The summed E-state index contributed by atoms with van der Waals surface area (Å²) in [4.78, 5) is 0. The van der Waals surface area contributed by atoms with Crippen LogP contribution in [0, 0.1) is 0 Å². The number of rotatable bonds is 2. The highest BCUT2D eigenvalue weighted by Crippen LogP contribution is 2.18. The lowest BCUT2D eigenvalue weighted by Crippen LogP contribution is -1.94. The van der Waals surface area contributed by atoms with Crippen LogP contribution in [0.15, 0.2) is 18.2 Å². The number of hydrogen-bond donors (Lipinski definition) is 2. The van der Waals surface area contributed by atoms with Crippen LogP contribution in [0.4, 0.5) is 0 Å². The number of H-pyrrole nitrogens is 2. The molecular weight excluding hydrogens is 140 g/mol. The third-order valence-electron chi connectivity index (χ3n) is 1.63. The molecule has 3 nitrogen and oxygen atoms in total.